The molecule has 2 rings (SSSR count). The third-order valence-corrected chi connectivity index (χ3v) is 4.46. The summed E-state index contributed by atoms with van der Waals surface area (Å²) in [4.78, 5) is 24.7. The van der Waals surface area contributed by atoms with E-state index in [1.165, 1.54) is 7.11 Å². The predicted molar refractivity (Wildman–Crippen MR) is 123 cm³/mol. The van der Waals surface area contributed by atoms with Gasteiger partial charge in [-0.3, -0.25) is 4.79 Å². The lowest BCUT2D eigenvalue weighted by atomic mass is 9.90. The predicted octanol–water partition coefficient (Wildman–Crippen LogP) is 5.85. The maximum Gasteiger partial charge on any atom is 0.428 e. The Kier molecular flexibility index (Phi) is 8.90. The Morgan fingerprint density at radius 1 is 1.03 bits per heavy atom. The lowest BCUT2D eigenvalue weighted by molar-refractivity contribution is -0.143. The number of benzene rings is 2. The average molecular weight is 459 g/mol. The minimum atomic E-state index is -0.955. The number of amides is 1. The second-order valence-electron chi connectivity index (χ2n) is 7.92. The van der Waals surface area contributed by atoms with Crippen LogP contribution >= 0.6 is 11.6 Å². The third kappa shape index (κ3) is 7.77. The van der Waals surface area contributed by atoms with Crippen LogP contribution in [0.4, 0.5) is 10.5 Å². The molecule has 0 aromatic heterocycles. The molecule has 32 heavy (non-hydrogen) atoms. The van der Waals surface area contributed by atoms with Gasteiger partial charge in [-0.2, -0.15) is 15.3 Å². The molecule has 0 saturated heterocycles. The molecule has 170 valence electrons. The van der Waals surface area contributed by atoms with Crippen LogP contribution in [0, 0.1) is 5.92 Å². The summed E-state index contributed by atoms with van der Waals surface area (Å²) in [5.41, 5.74) is 3.20. The monoisotopic (exact) mass is 458 g/mol. The number of carbonyl (C=O) groups excluding carboxylic acids is 2. The summed E-state index contributed by atoms with van der Waals surface area (Å²) >= 11 is 6.03. The molecule has 0 aliphatic carbocycles. The summed E-state index contributed by atoms with van der Waals surface area (Å²) < 4.78 is 10.2. The quantitative estimate of drug-likeness (QED) is 0.243. The number of hydrazone groups is 1. The Labute approximate surface area is 192 Å². The third-order valence-electron chi connectivity index (χ3n) is 4.21. The number of halogens is 1. The van der Waals surface area contributed by atoms with Crippen LogP contribution in [0.15, 0.2) is 69.9 Å². The van der Waals surface area contributed by atoms with Crippen molar-refractivity contribution in [3.05, 3.63) is 65.2 Å². The van der Waals surface area contributed by atoms with Crippen LogP contribution in [0.25, 0.3) is 0 Å². The van der Waals surface area contributed by atoms with Crippen molar-refractivity contribution in [1.29, 1.82) is 0 Å². The molecule has 0 bridgehead atoms. The molecule has 2 aromatic carbocycles. The topological polar surface area (TPSA) is 102 Å². The van der Waals surface area contributed by atoms with Crippen molar-refractivity contribution >= 4 is 35.1 Å². The fraction of sp³-hybridized carbons (Fsp3) is 0.348. The maximum atomic E-state index is 12.7. The molecular weight excluding hydrogens is 432 g/mol. The van der Waals surface area contributed by atoms with Gasteiger partial charge in [-0.15, -0.1) is 0 Å². The zero-order valence-electron chi connectivity index (χ0n) is 18.7. The van der Waals surface area contributed by atoms with Gasteiger partial charge in [-0.05, 0) is 57.5 Å². The van der Waals surface area contributed by atoms with Crippen molar-refractivity contribution in [2.75, 3.05) is 7.11 Å². The number of carbonyl (C=O) groups is 2. The molecule has 2 atom stereocenters. The maximum absolute atomic E-state index is 12.7. The number of azo groups is 1. The number of nitrogens with zero attached hydrogens (tertiary/aromatic N) is 3. The van der Waals surface area contributed by atoms with Gasteiger partial charge in [0.05, 0.1) is 18.5 Å². The largest absolute Gasteiger partial charge is 0.468 e. The summed E-state index contributed by atoms with van der Waals surface area (Å²) in [5.74, 6) is -1.53. The molecule has 0 fully saturated rings. The first-order valence-corrected chi connectivity index (χ1v) is 10.3. The molecular formula is C23H27ClN4O4. The number of hydrogen-bond acceptors (Lipinski definition) is 7. The van der Waals surface area contributed by atoms with E-state index in [2.05, 4.69) is 20.8 Å². The van der Waals surface area contributed by atoms with E-state index in [1.54, 1.807) is 64.1 Å². The van der Waals surface area contributed by atoms with Gasteiger partial charge in [0, 0.05) is 5.02 Å². The molecule has 0 radical (unpaired) electrons. The number of rotatable bonds is 7. The zero-order chi connectivity index (χ0) is 23.7. The van der Waals surface area contributed by atoms with Gasteiger partial charge >= 0.3 is 12.1 Å². The fourth-order valence-electron chi connectivity index (χ4n) is 2.77. The molecule has 2 unspecified atom stereocenters. The average Bonchev–Trinajstić information content (AvgIpc) is 2.75. The highest BCUT2D eigenvalue weighted by atomic mass is 35.5. The Hall–Kier alpha value is -3.26. The van der Waals surface area contributed by atoms with Crippen molar-refractivity contribution in [3.63, 3.8) is 0 Å². The first kappa shape index (κ1) is 25.0. The van der Waals surface area contributed by atoms with E-state index < -0.39 is 29.6 Å². The minimum Gasteiger partial charge on any atom is -0.468 e. The van der Waals surface area contributed by atoms with Crippen molar-refractivity contribution < 1.29 is 19.1 Å². The minimum absolute atomic E-state index is 0.273. The van der Waals surface area contributed by atoms with E-state index in [-0.39, 0.29) is 5.71 Å². The van der Waals surface area contributed by atoms with Crippen LogP contribution in [-0.2, 0) is 14.3 Å². The summed E-state index contributed by atoms with van der Waals surface area (Å²) in [6.45, 7) is 6.81. The first-order valence-electron chi connectivity index (χ1n) is 9.93. The molecule has 0 saturated carbocycles. The van der Waals surface area contributed by atoms with E-state index in [0.717, 1.165) is 0 Å². The number of methoxy groups -OCH3 is 1. The van der Waals surface area contributed by atoms with Crippen LogP contribution in [0.2, 0.25) is 5.02 Å². The second-order valence-corrected chi connectivity index (χ2v) is 8.35. The number of hydrogen-bond donors (Lipinski definition) is 1. The van der Waals surface area contributed by atoms with Crippen LogP contribution < -0.4 is 5.43 Å². The molecule has 1 N–H and O–H groups in total. The lowest BCUT2D eigenvalue weighted by Crippen LogP contribution is -2.33. The van der Waals surface area contributed by atoms with Gasteiger partial charge < -0.3 is 9.47 Å². The van der Waals surface area contributed by atoms with E-state index in [1.807, 2.05) is 18.2 Å². The van der Waals surface area contributed by atoms with Crippen molar-refractivity contribution in [2.45, 2.75) is 39.3 Å². The highest BCUT2D eigenvalue weighted by molar-refractivity contribution is 6.30. The van der Waals surface area contributed by atoms with Gasteiger partial charge in [0.1, 0.15) is 17.6 Å². The second kappa shape index (κ2) is 11.4. The van der Waals surface area contributed by atoms with Crippen molar-refractivity contribution in [3.8, 4) is 0 Å². The lowest BCUT2D eigenvalue weighted by Gasteiger charge is -2.22. The fourth-order valence-corrected chi connectivity index (χ4v) is 2.89. The summed E-state index contributed by atoms with van der Waals surface area (Å²) in [6.07, 6.45) is -0.741. The summed E-state index contributed by atoms with van der Waals surface area (Å²) in [5, 5.41) is 13.3. The van der Waals surface area contributed by atoms with Crippen molar-refractivity contribution in [2.24, 2.45) is 21.2 Å². The Morgan fingerprint density at radius 3 is 2.22 bits per heavy atom. The van der Waals surface area contributed by atoms with Crippen LogP contribution in [-0.4, -0.2) is 30.5 Å². The molecule has 0 spiro atoms. The summed E-state index contributed by atoms with van der Waals surface area (Å²) in [6, 6.07) is 15.2. The van der Waals surface area contributed by atoms with E-state index in [9.17, 15) is 9.59 Å². The van der Waals surface area contributed by atoms with Gasteiger partial charge in [0.15, 0.2) is 0 Å². The highest BCUT2D eigenvalue weighted by Gasteiger charge is 2.34. The summed E-state index contributed by atoms with van der Waals surface area (Å²) in [7, 11) is 1.27. The Balaban J connectivity index is 2.42. The first-order chi connectivity index (χ1) is 15.1. The molecule has 0 aliphatic heterocycles. The smallest absolute Gasteiger partial charge is 0.428 e. The molecule has 0 aliphatic rings. The molecule has 8 nitrogen and oxygen atoms in total. The van der Waals surface area contributed by atoms with Crippen LogP contribution in [0.5, 0.6) is 0 Å². The van der Waals surface area contributed by atoms with Gasteiger partial charge in [-0.25, -0.2) is 10.2 Å². The van der Waals surface area contributed by atoms with Gasteiger partial charge in [0.2, 0.25) is 0 Å². The van der Waals surface area contributed by atoms with Crippen LogP contribution in [0.1, 0.15) is 39.3 Å². The highest BCUT2D eigenvalue weighted by Crippen LogP contribution is 2.31. The van der Waals surface area contributed by atoms with Gasteiger partial charge in [0.25, 0.3) is 0 Å². The number of nitrogens with one attached hydrogen (secondary N) is 1. The molecule has 9 heteroatoms. The number of esters is 1. The van der Waals surface area contributed by atoms with Gasteiger partial charge in [-0.1, -0.05) is 41.9 Å². The SMILES string of the molecule is COC(=O)C(/C(C)=N/NC(=O)OC(C)(C)C)C(N=Nc1ccccc1)c1ccc(Cl)cc1. The molecule has 2 aromatic rings. The zero-order valence-corrected chi connectivity index (χ0v) is 19.5. The van der Waals surface area contributed by atoms with E-state index in [4.69, 9.17) is 21.1 Å². The number of ether oxygens (including phenoxy) is 2. The molecule has 1 amide bonds. The Bertz CT molecular complexity index is 970. The van der Waals surface area contributed by atoms with Crippen LogP contribution in [0.3, 0.4) is 0 Å². The van der Waals surface area contributed by atoms with Crippen molar-refractivity contribution in [1.82, 2.24) is 5.43 Å². The standard InChI is InChI=1S/C23H27ClN4O4/c1-15(25-28-22(30)32-23(2,3)4)19(21(29)31-5)20(16-11-13-17(24)14-12-16)27-26-18-9-7-6-8-10-18/h6-14,19-20H,1-5H3,(H,28,30)/b25-15+,27-26?. The molecule has 0 heterocycles. The Morgan fingerprint density at radius 2 is 1.66 bits per heavy atom. The van der Waals surface area contributed by atoms with E-state index in [0.29, 0.717) is 16.3 Å². The van der Waals surface area contributed by atoms with E-state index >= 15 is 0 Å². The normalized spacial score (nSPS) is 14.0.